The minimum atomic E-state index is -0.651. The van der Waals surface area contributed by atoms with Crippen LogP contribution < -0.4 is 5.43 Å². The van der Waals surface area contributed by atoms with Crippen LogP contribution in [-0.2, 0) is 24.1 Å². The summed E-state index contributed by atoms with van der Waals surface area (Å²) in [5.41, 5.74) is 3.87. The van der Waals surface area contributed by atoms with Gasteiger partial charge < -0.3 is 9.30 Å². The highest BCUT2D eigenvalue weighted by atomic mass is 35.5. The zero-order chi connectivity index (χ0) is 26.6. The number of ether oxygens (including phenoxy) is 1. The van der Waals surface area contributed by atoms with Crippen LogP contribution >= 0.6 is 34.5 Å². The summed E-state index contributed by atoms with van der Waals surface area (Å²) in [6.07, 6.45) is 2.73. The summed E-state index contributed by atoms with van der Waals surface area (Å²) in [6.45, 7) is 2.34. The monoisotopic (exact) mass is 562 g/mol. The molecule has 0 bridgehead atoms. The van der Waals surface area contributed by atoms with Crippen LogP contribution in [0.2, 0.25) is 10.0 Å². The normalized spacial score (nSPS) is 11.1. The maximum atomic E-state index is 13.3. The molecule has 2 aromatic heterocycles. The van der Waals surface area contributed by atoms with Crippen LogP contribution in [0, 0.1) is 0 Å². The summed E-state index contributed by atoms with van der Waals surface area (Å²) in [5.74, 6) is -0.651. The third kappa shape index (κ3) is 5.39. The second-order valence-electron chi connectivity index (χ2n) is 8.71. The molecule has 5 rings (SSSR count). The van der Waals surface area contributed by atoms with Crippen molar-refractivity contribution in [3.8, 4) is 11.1 Å². The van der Waals surface area contributed by atoms with E-state index in [1.54, 1.807) is 25.3 Å². The molecule has 0 atom stereocenters. The van der Waals surface area contributed by atoms with E-state index in [4.69, 9.17) is 27.9 Å². The second kappa shape index (κ2) is 11.5. The van der Waals surface area contributed by atoms with Gasteiger partial charge in [-0.3, -0.25) is 4.79 Å². The van der Waals surface area contributed by atoms with Crippen molar-refractivity contribution in [1.82, 2.24) is 9.55 Å². The predicted octanol–water partition coefficient (Wildman–Crippen LogP) is 7.44. The van der Waals surface area contributed by atoms with Crippen molar-refractivity contribution < 1.29 is 9.53 Å². The zero-order valence-corrected chi connectivity index (χ0v) is 22.9. The van der Waals surface area contributed by atoms with Gasteiger partial charge in [0.15, 0.2) is 0 Å². The Bertz CT molecular complexity index is 1660. The van der Waals surface area contributed by atoms with Gasteiger partial charge in [0.05, 0.1) is 11.6 Å². The molecular weight excluding hydrogens is 539 g/mol. The van der Waals surface area contributed by atoms with Crippen LogP contribution in [0.1, 0.15) is 33.4 Å². The smallest absolute Gasteiger partial charge is 0.343 e. The third-order valence-corrected chi connectivity index (χ3v) is 8.11. The Hall–Kier alpha value is -3.45. The molecule has 38 heavy (non-hydrogen) atoms. The van der Waals surface area contributed by atoms with Crippen molar-refractivity contribution in [2.75, 3.05) is 6.61 Å². The number of thiazole rings is 1. The number of pyridine rings is 1. The second-order valence-corrected chi connectivity index (χ2v) is 10.6. The van der Waals surface area contributed by atoms with Crippen molar-refractivity contribution in [2.45, 2.75) is 26.3 Å². The van der Waals surface area contributed by atoms with E-state index >= 15 is 0 Å². The average molecular weight is 564 g/mol. The third-order valence-electron chi connectivity index (χ3n) is 6.25. The van der Waals surface area contributed by atoms with E-state index in [0.29, 0.717) is 34.3 Å². The number of aryl methyl sites for hydroxylation is 1. The molecule has 3 aromatic carbocycles. The fourth-order valence-electron chi connectivity index (χ4n) is 4.42. The van der Waals surface area contributed by atoms with Crippen LogP contribution in [-0.4, -0.2) is 22.1 Å². The fraction of sp³-hybridized carbons (Fsp3) is 0.167. The Morgan fingerprint density at radius 2 is 1.66 bits per heavy atom. The van der Waals surface area contributed by atoms with Gasteiger partial charge in [0, 0.05) is 29.2 Å². The molecule has 0 saturated heterocycles. The number of hydrogen-bond acceptors (Lipinski definition) is 5. The largest absolute Gasteiger partial charge is 0.462 e. The number of carbonyl (C=O) groups excluding carboxylic acids is 1. The number of esters is 1. The summed E-state index contributed by atoms with van der Waals surface area (Å²) in [7, 11) is 0. The van der Waals surface area contributed by atoms with Gasteiger partial charge in [-0.15, -0.1) is 11.3 Å². The Morgan fingerprint density at radius 3 is 2.39 bits per heavy atom. The number of carbonyl (C=O) groups is 1. The molecule has 0 radical (unpaired) electrons. The van der Waals surface area contributed by atoms with E-state index in [9.17, 15) is 9.59 Å². The molecule has 5 aromatic rings. The standard InChI is InChI=1S/C30H24Cl2N2O3S/c1-2-37-30(36)23-18-34(17-20-11-6-7-12-21(20)19-9-4-3-5-10-19)29-27(28(23)35)33-26(38-29)16-15-22-24(31)13-8-14-25(22)32/h3-14,18H,2,15-17H2,1H3. The van der Waals surface area contributed by atoms with Crippen molar-refractivity contribution >= 4 is 50.9 Å². The van der Waals surface area contributed by atoms with Crippen LogP contribution in [0.4, 0.5) is 0 Å². The quantitative estimate of drug-likeness (QED) is 0.184. The number of benzene rings is 3. The lowest BCUT2D eigenvalue weighted by atomic mass is 9.99. The molecule has 0 amide bonds. The molecule has 0 saturated carbocycles. The minimum absolute atomic E-state index is 0.0254. The molecule has 2 heterocycles. The Labute approximate surface area is 234 Å². The van der Waals surface area contributed by atoms with Gasteiger partial charge in [-0.1, -0.05) is 83.9 Å². The van der Waals surface area contributed by atoms with Gasteiger partial charge >= 0.3 is 5.97 Å². The molecule has 192 valence electrons. The lowest BCUT2D eigenvalue weighted by molar-refractivity contribution is 0.0524. The molecule has 8 heteroatoms. The van der Waals surface area contributed by atoms with Crippen molar-refractivity contribution in [2.24, 2.45) is 0 Å². The highest BCUT2D eigenvalue weighted by molar-refractivity contribution is 7.18. The zero-order valence-electron chi connectivity index (χ0n) is 20.6. The van der Waals surface area contributed by atoms with E-state index in [1.807, 2.05) is 41.0 Å². The van der Waals surface area contributed by atoms with Gasteiger partial charge in [-0.25, -0.2) is 9.78 Å². The first kappa shape index (κ1) is 26.2. The fourth-order valence-corrected chi connectivity index (χ4v) is 6.04. The maximum Gasteiger partial charge on any atom is 0.343 e. The Morgan fingerprint density at radius 1 is 0.947 bits per heavy atom. The number of halogens is 2. The van der Waals surface area contributed by atoms with E-state index in [2.05, 4.69) is 29.2 Å². The first-order chi connectivity index (χ1) is 18.5. The van der Waals surface area contributed by atoms with Crippen molar-refractivity contribution in [3.05, 3.63) is 121 Å². The first-order valence-electron chi connectivity index (χ1n) is 12.2. The van der Waals surface area contributed by atoms with Gasteiger partial charge in [0.2, 0.25) is 5.43 Å². The summed E-state index contributed by atoms with van der Waals surface area (Å²) in [5, 5.41) is 1.96. The summed E-state index contributed by atoms with van der Waals surface area (Å²) in [4.78, 5) is 31.4. The Balaban J connectivity index is 1.58. The topological polar surface area (TPSA) is 61.2 Å². The number of nitrogens with zero attached hydrogens (tertiary/aromatic N) is 2. The molecule has 0 spiro atoms. The molecule has 0 unspecified atom stereocenters. The van der Waals surface area contributed by atoms with Gasteiger partial charge in [-0.2, -0.15) is 0 Å². The highest BCUT2D eigenvalue weighted by Crippen LogP contribution is 2.29. The number of fused-ring (bicyclic) bond motifs is 1. The van der Waals surface area contributed by atoms with E-state index in [1.165, 1.54) is 11.3 Å². The minimum Gasteiger partial charge on any atom is -0.462 e. The van der Waals surface area contributed by atoms with Gasteiger partial charge in [0.25, 0.3) is 0 Å². The van der Waals surface area contributed by atoms with Crippen LogP contribution in [0.25, 0.3) is 21.5 Å². The van der Waals surface area contributed by atoms with Crippen molar-refractivity contribution in [3.63, 3.8) is 0 Å². The van der Waals surface area contributed by atoms with E-state index in [0.717, 1.165) is 27.3 Å². The lowest BCUT2D eigenvalue weighted by Gasteiger charge is -2.14. The summed E-state index contributed by atoms with van der Waals surface area (Å²) < 4.78 is 7.11. The Kier molecular flexibility index (Phi) is 7.93. The van der Waals surface area contributed by atoms with Gasteiger partial charge in [-0.05, 0) is 47.7 Å². The van der Waals surface area contributed by atoms with Crippen LogP contribution in [0.15, 0.2) is 83.8 Å². The number of aromatic nitrogens is 2. The highest BCUT2D eigenvalue weighted by Gasteiger charge is 2.21. The summed E-state index contributed by atoms with van der Waals surface area (Å²) in [6, 6.07) is 23.7. The molecule has 5 nitrogen and oxygen atoms in total. The first-order valence-corrected chi connectivity index (χ1v) is 13.8. The average Bonchev–Trinajstić information content (AvgIpc) is 3.36. The molecule has 0 N–H and O–H groups in total. The van der Waals surface area contributed by atoms with Gasteiger partial charge in [0.1, 0.15) is 15.9 Å². The SMILES string of the molecule is CCOC(=O)c1cn(Cc2ccccc2-c2ccccc2)c2sc(CCc3c(Cl)cccc3Cl)nc2c1=O. The predicted molar refractivity (Wildman–Crippen MR) is 155 cm³/mol. The molecule has 0 fully saturated rings. The van der Waals surface area contributed by atoms with E-state index in [-0.39, 0.29) is 17.7 Å². The molecule has 0 aliphatic rings. The summed E-state index contributed by atoms with van der Waals surface area (Å²) >= 11 is 14.2. The van der Waals surface area contributed by atoms with Crippen molar-refractivity contribution in [1.29, 1.82) is 0 Å². The van der Waals surface area contributed by atoms with Crippen LogP contribution in [0.5, 0.6) is 0 Å². The van der Waals surface area contributed by atoms with Crippen LogP contribution in [0.3, 0.4) is 0 Å². The molecule has 0 aliphatic heterocycles. The molecular formula is C30H24Cl2N2O3S. The maximum absolute atomic E-state index is 13.3. The number of rotatable bonds is 8. The number of hydrogen-bond donors (Lipinski definition) is 0. The molecule has 0 aliphatic carbocycles. The lowest BCUT2D eigenvalue weighted by Crippen LogP contribution is -2.21. The van der Waals surface area contributed by atoms with E-state index < -0.39 is 11.4 Å².